The lowest BCUT2D eigenvalue weighted by atomic mass is 10.1. The molecule has 8 heteroatoms. The first-order valence-corrected chi connectivity index (χ1v) is 10.9. The van der Waals surface area contributed by atoms with E-state index in [4.69, 9.17) is 9.15 Å². The zero-order valence-corrected chi connectivity index (χ0v) is 18.5. The number of carbonyl (C=O) groups excluding carboxylic acids is 3. The molecule has 32 heavy (non-hydrogen) atoms. The van der Waals surface area contributed by atoms with E-state index in [0.29, 0.717) is 10.7 Å². The maximum absolute atomic E-state index is 12.6. The zero-order chi connectivity index (χ0) is 22.7. The quantitative estimate of drug-likeness (QED) is 0.544. The monoisotopic (exact) mass is 450 g/mol. The van der Waals surface area contributed by atoms with Gasteiger partial charge in [0.25, 0.3) is 11.1 Å². The summed E-state index contributed by atoms with van der Waals surface area (Å²) in [6.45, 7) is 2.27. The maximum Gasteiger partial charge on any atom is 0.293 e. The lowest BCUT2D eigenvalue weighted by molar-refractivity contribution is -0.124. The van der Waals surface area contributed by atoms with Crippen LogP contribution < -0.4 is 10.1 Å². The average molecular weight is 451 g/mol. The fourth-order valence-corrected chi connectivity index (χ4v) is 4.28. The summed E-state index contributed by atoms with van der Waals surface area (Å²) in [5, 5.41) is 3.33. The molecule has 4 rings (SSSR count). The molecular weight excluding hydrogens is 428 g/mol. The van der Waals surface area contributed by atoms with Gasteiger partial charge in [0, 0.05) is 24.0 Å². The van der Waals surface area contributed by atoms with Crippen molar-refractivity contribution < 1.29 is 23.5 Å². The van der Waals surface area contributed by atoms with E-state index in [1.54, 1.807) is 31.6 Å². The standard InChI is InChI=1S/C24H22N2O5S/c1-15-3-8-19-17(14-31-20(19)11-15)13-22(27)25-9-10-26-23(28)21(32-24(26)29)12-16-4-6-18(30-2)7-5-16/h3-8,11-12,14H,9-10,13H2,1-2H3,(H,25,27)/b21-12+. The van der Waals surface area contributed by atoms with Crippen LogP contribution in [0, 0.1) is 6.92 Å². The van der Waals surface area contributed by atoms with Crippen LogP contribution in [0.2, 0.25) is 0 Å². The Balaban J connectivity index is 1.32. The summed E-state index contributed by atoms with van der Waals surface area (Å²) in [6.07, 6.45) is 3.42. The average Bonchev–Trinajstić information content (AvgIpc) is 3.29. The number of aryl methyl sites for hydroxylation is 1. The number of furan rings is 1. The van der Waals surface area contributed by atoms with Crippen LogP contribution in [-0.2, 0) is 16.0 Å². The molecule has 164 valence electrons. The smallest absolute Gasteiger partial charge is 0.293 e. The summed E-state index contributed by atoms with van der Waals surface area (Å²) in [6, 6.07) is 13.0. The summed E-state index contributed by atoms with van der Waals surface area (Å²) < 4.78 is 10.6. The highest BCUT2D eigenvalue weighted by molar-refractivity contribution is 8.18. The molecule has 3 amide bonds. The third-order valence-corrected chi connectivity index (χ3v) is 6.01. The first kappa shape index (κ1) is 21.7. The third kappa shape index (κ3) is 4.70. The van der Waals surface area contributed by atoms with E-state index in [9.17, 15) is 14.4 Å². The molecule has 1 aliphatic rings. The molecular formula is C24H22N2O5S. The lowest BCUT2D eigenvalue weighted by Gasteiger charge is -2.12. The molecule has 3 aromatic rings. The minimum Gasteiger partial charge on any atom is -0.497 e. The Morgan fingerprint density at radius 2 is 1.97 bits per heavy atom. The van der Waals surface area contributed by atoms with E-state index in [1.807, 2.05) is 37.3 Å². The number of nitrogens with zero attached hydrogens (tertiary/aromatic N) is 1. The minimum absolute atomic E-state index is 0.113. The molecule has 0 spiro atoms. The van der Waals surface area contributed by atoms with Gasteiger partial charge in [0.15, 0.2) is 0 Å². The van der Waals surface area contributed by atoms with Gasteiger partial charge < -0.3 is 14.5 Å². The van der Waals surface area contributed by atoms with Crippen molar-refractivity contribution in [3.05, 3.63) is 70.3 Å². The number of hydrogen-bond acceptors (Lipinski definition) is 6. The van der Waals surface area contributed by atoms with Crippen LogP contribution in [0.15, 0.2) is 58.1 Å². The molecule has 0 bridgehead atoms. The molecule has 2 heterocycles. The second-order valence-corrected chi connectivity index (χ2v) is 8.39. The van der Waals surface area contributed by atoms with E-state index in [-0.39, 0.29) is 36.6 Å². The number of thioether (sulfide) groups is 1. The van der Waals surface area contributed by atoms with Crippen molar-refractivity contribution in [2.75, 3.05) is 20.2 Å². The summed E-state index contributed by atoms with van der Waals surface area (Å²) in [5.41, 5.74) is 3.42. The van der Waals surface area contributed by atoms with Crippen molar-refractivity contribution in [2.45, 2.75) is 13.3 Å². The molecule has 0 aliphatic carbocycles. The number of fused-ring (bicyclic) bond motifs is 1. The number of carbonyl (C=O) groups is 3. The van der Waals surface area contributed by atoms with Crippen molar-refractivity contribution in [3.63, 3.8) is 0 Å². The fourth-order valence-electron chi connectivity index (χ4n) is 3.41. The SMILES string of the molecule is COc1ccc(/C=C2/SC(=O)N(CCNC(=O)Cc3coc4cc(C)ccc34)C2=O)cc1. The number of ether oxygens (including phenoxy) is 1. The van der Waals surface area contributed by atoms with Crippen LogP contribution in [0.4, 0.5) is 4.79 Å². The van der Waals surface area contributed by atoms with E-state index in [2.05, 4.69) is 5.32 Å². The van der Waals surface area contributed by atoms with Gasteiger partial charge in [-0.25, -0.2) is 0 Å². The van der Waals surface area contributed by atoms with Gasteiger partial charge in [-0.1, -0.05) is 24.3 Å². The van der Waals surface area contributed by atoms with Crippen LogP contribution >= 0.6 is 11.8 Å². The molecule has 1 aromatic heterocycles. The maximum atomic E-state index is 12.6. The van der Waals surface area contributed by atoms with Crippen molar-refractivity contribution in [1.82, 2.24) is 10.2 Å². The van der Waals surface area contributed by atoms with Crippen molar-refractivity contribution >= 4 is 45.9 Å². The number of hydrogen-bond donors (Lipinski definition) is 1. The van der Waals surface area contributed by atoms with Crippen molar-refractivity contribution in [2.24, 2.45) is 0 Å². The highest BCUT2D eigenvalue weighted by Gasteiger charge is 2.34. The van der Waals surface area contributed by atoms with E-state index in [1.165, 1.54) is 0 Å². The summed E-state index contributed by atoms with van der Waals surface area (Å²) >= 11 is 0.894. The predicted octanol–water partition coefficient (Wildman–Crippen LogP) is 4.15. The van der Waals surface area contributed by atoms with Crippen molar-refractivity contribution in [1.29, 1.82) is 0 Å². The highest BCUT2D eigenvalue weighted by Crippen LogP contribution is 2.32. The number of amides is 3. The Hall–Kier alpha value is -3.52. The normalized spacial score (nSPS) is 15.1. The Kier molecular flexibility index (Phi) is 6.32. The van der Waals surface area contributed by atoms with E-state index >= 15 is 0 Å². The molecule has 1 fully saturated rings. The number of benzene rings is 2. The van der Waals surface area contributed by atoms with Gasteiger partial charge >= 0.3 is 0 Å². The Bertz CT molecular complexity index is 1210. The van der Waals surface area contributed by atoms with Crippen molar-refractivity contribution in [3.8, 4) is 5.75 Å². The molecule has 0 saturated carbocycles. The summed E-state index contributed by atoms with van der Waals surface area (Å²) in [4.78, 5) is 38.7. The minimum atomic E-state index is -0.360. The third-order valence-electron chi connectivity index (χ3n) is 5.11. The van der Waals surface area contributed by atoms with Gasteiger partial charge in [-0.2, -0.15) is 0 Å². The van der Waals surface area contributed by atoms with Gasteiger partial charge in [-0.3, -0.25) is 19.3 Å². The van der Waals surface area contributed by atoms with E-state index < -0.39 is 0 Å². The first-order valence-electron chi connectivity index (χ1n) is 10.1. The van der Waals surface area contributed by atoms with E-state index in [0.717, 1.165) is 44.3 Å². The molecule has 0 atom stereocenters. The first-order chi connectivity index (χ1) is 15.4. The second kappa shape index (κ2) is 9.32. The summed E-state index contributed by atoms with van der Waals surface area (Å²) in [5.74, 6) is 0.153. The highest BCUT2D eigenvalue weighted by atomic mass is 32.2. The van der Waals surface area contributed by atoms with Gasteiger partial charge in [-0.15, -0.1) is 0 Å². The van der Waals surface area contributed by atoms with Crippen LogP contribution in [0.5, 0.6) is 5.75 Å². The van der Waals surface area contributed by atoms with Crippen LogP contribution in [0.1, 0.15) is 16.7 Å². The zero-order valence-electron chi connectivity index (χ0n) is 17.7. The molecule has 1 aliphatic heterocycles. The van der Waals surface area contributed by atoms with Crippen LogP contribution in [-0.4, -0.2) is 42.2 Å². The second-order valence-electron chi connectivity index (χ2n) is 7.39. The Morgan fingerprint density at radius 3 is 2.72 bits per heavy atom. The van der Waals surface area contributed by atoms with Gasteiger partial charge in [0.05, 0.1) is 24.7 Å². The lowest BCUT2D eigenvalue weighted by Crippen LogP contribution is -2.37. The molecule has 1 N–H and O–H groups in total. The topological polar surface area (TPSA) is 88.8 Å². The number of methoxy groups -OCH3 is 1. The van der Waals surface area contributed by atoms with Crippen LogP contribution in [0.25, 0.3) is 17.0 Å². The van der Waals surface area contributed by atoms with Crippen LogP contribution in [0.3, 0.4) is 0 Å². The van der Waals surface area contributed by atoms with Gasteiger partial charge in [-0.05, 0) is 54.1 Å². The molecule has 2 aromatic carbocycles. The Morgan fingerprint density at radius 1 is 1.19 bits per heavy atom. The molecule has 7 nitrogen and oxygen atoms in total. The Labute approximate surface area is 189 Å². The molecule has 0 radical (unpaired) electrons. The predicted molar refractivity (Wildman–Crippen MR) is 123 cm³/mol. The number of rotatable bonds is 7. The largest absolute Gasteiger partial charge is 0.497 e. The number of imide groups is 1. The van der Waals surface area contributed by atoms with Gasteiger partial charge in [0.2, 0.25) is 5.91 Å². The number of nitrogens with one attached hydrogen (secondary N) is 1. The molecule has 1 saturated heterocycles. The van der Waals surface area contributed by atoms with Gasteiger partial charge in [0.1, 0.15) is 11.3 Å². The summed E-state index contributed by atoms with van der Waals surface area (Å²) in [7, 11) is 1.58. The fraction of sp³-hybridized carbons (Fsp3) is 0.208. The molecule has 0 unspecified atom stereocenters.